The van der Waals surface area contributed by atoms with Crippen LogP contribution < -0.4 is 4.90 Å². The van der Waals surface area contributed by atoms with Gasteiger partial charge in [0.05, 0.1) is 0 Å². The van der Waals surface area contributed by atoms with E-state index in [0.29, 0.717) is 0 Å². The summed E-state index contributed by atoms with van der Waals surface area (Å²) in [5.74, 6) is 0.304. The van der Waals surface area contributed by atoms with Gasteiger partial charge in [-0.25, -0.2) is 0 Å². The van der Waals surface area contributed by atoms with E-state index >= 15 is 0 Å². The Morgan fingerprint density at radius 2 is 1.58 bits per heavy atom. The molecule has 0 bridgehead atoms. The fraction of sp³-hybridized carbons (Fsp3) is 0.107. The van der Waals surface area contributed by atoms with Gasteiger partial charge in [0.2, 0.25) is 5.91 Å². The first-order valence-corrected chi connectivity index (χ1v) is 10.5. The Balaban J connectivity index is 1.73. The van der Waals surface area contributed by atoms with Crippen molar-refractivity contribution in [2.75, 3.05) is 11.9 Å². The third-order valence-electron chi connectivity index (χ3n) is 6.40. The van der Waals surface area contributed by atoms with Gasteiger partial charge in [0.25, 0.3) is 0 Å². The van der Waals surface area contributed by atoms with E-state index in [9.17, 15) is 4.79 Å². The number of rotatable bonds is 2. The molecule has 0 fully saturated rings. The molecule has 150 valence electrons. The van der Waals surface area contributed by atoms with Gasteiger partial charge in [0, 0.05) is 23.7 Å². The van der Waals surface area contributed by atoms with E-state index in [-0.39, 0.29) is 5.91 Å². The molecule has 1 aliphatic rings. The predicted octanol–water partition coefficient (Wildman–Crippen LogP) is 6.67. The van der Waals surface area contributed by atoms with Crippen LogP contribution in [0.4, 0.5) is 5.69 Å². The van der Waals surface area contributed by atoms with Crippen molar-refractivity contribution >= 4 is 33.3 Å². The SMILES string of the molecule is Cc1ccc(-c2c(C3C(=O)N(C)c4ccccc43)oc3ccc4ccccc4c23)cc1. The average molecular weight is 403 g/mol. The van der Waals surface area contributed by atoms with Crippen molar-refractivity contribution in [2.24, 2.45) is 0 Å². The molecule has 0 N–H and O–H groups in total. The number of aryl methyl sites for hydroxylation is 1. The van der Waals surface area contributed by atoms with Gasteiger partial charge in [-0.1, -0.05) is 78.4 Å². The number of likely N-dealkylation sites (N-methyl/N-ethyl adjacent to an activating group) is 1. The molecule has 0 aliphatic carbocycles. The topological polar surface area (TPSA) is 33.5 Å². The van der Waals surface area contributed by atoms with Crippen molar-refractivity contribution in [1.29, 1.82) is 0 Å². The maximum atomic E-state index is 13.4. The molecule has 3 heteroatoms. The summed E-state index contributed by atoms with van der Waals surface area (Å²) in [6.45, 7) is 2.08. The Morgan fingerprint density at radius 1 is 0.839 bits per heavy atom. The van der Waals surface area contributed by atoms with Gasteiger partial charge in [-0.2, -0.15) is 0 Å². The van der Waals surface area contributed by atoms with E-state index in [1.807, 2.05) is 43.4 Å². The molecule has 0 saturated heterocycles. The molecule has 31 heavy (non-hydrogen) atoms. The summed E-state index contributed by atoms with van der Waals surface area (Å²) >= 11 is 0. The number of para-hydroxylation sites is 1. The lowest BCUT2D eigenvalue weighted by molar-refractivity contribution is -0.118. The molecule has 0 radical (unpaired) electrons. The normalized spacial score (nSPS) is 15.7. The van der Waals surface area contributed by atoms with E-state index in [0.717, 1.165) is 49.9 Å². The minimum atomic E-state index is -0.455. The minimum Gasteiger partial charge on any atom is -0.459 e. The van der Waals surface area contributed by atoms with E-state index in [2.05, 4.69) is 55.5 Å². The molecule has 1 unspecified atom stereocenters. The highest BCUT2D eigenvalue weighted by molar-refractivity contribution is 6.15. The number of hydrogen-bond donors (Lipinski definition) is 0. The second kappa shape index (κ2) is 6.58. The van der Waals surface area contributed by atoms with Crippen LogP contribution in [0.5, 0.6) is 0 Å². The Labute approximate surface area is 180 Å². The zero-order valence-electron chi connectivity index (χ0n) is 17.4. The summed E-state index contributed by atoms with van der Waals surface area (Å²) < 4.78 is 6.50. The number of carbonyl (C=O) groups excluding carboxylic acids is 1. The van der Waals surface area contributed by atoms with E-state index in [4.69, 9.17) is 4.42 Å². The first-order valence-electron chi connectivity index (χ1n) is 10.5. The third-order valence-corrected chi connectivity index (χ3v) is 6.40. The van der Waals surface area contributed by atoms with Crippen LogP contribution in [0.1, 0.15) is 22.8 Å². The van der Waals surface area contributed by atoms with Gasteiger partial charge in [-0.15, -0.1) is 0 Å². The molecular formula is C28H21NO2. The molecule has 1 aromatic heterocycles. The van der Waals surface area contributed by atoms with Gasteiger partial charge in [-0.05, 0) is 41.0 Å². The summed E-state index contributed by atoms with van der Waals surface area (Å²) in [7, 11) is 1.84. The smallest absolute Gasteiger partial charge is 0.242 e. The second-order valence-corrected chi connectivity index (χ2v) is 8.26. The summed E-state index contributed by atoms with van der Waals surface area (Å²) in [5.41, 5.74) is 6.02. The first kappa shape index (κ1) is 18.0. The minimum absolute atomic E-state index is 0.0397. The van der Waals surface area contributed by atoms with E-state index in [1.165, 1.54) is 5.56 Å². The maximum absolute atomic E-state index is 13.4. The molecule has 0 spiro atoms. The first-order chi connectivity index (χ1) is 15.1. The Hall–Kier alpha value is -3.85. The molecule has 5 aromatic rings. The molecule has 1 aliphatic heterocycles. The number of nitrogens with zero attached hydrogens (tertiary/aromatic N) is 1. The number of hydrogen-bond acceptors (Lipinski definition) is 2. The number of carbonyl (C=O) groups is 1. The van der Waals surface area contributed by atoms with E-state index < -0.39 is 5.92 Å². The molecule has 3 nitrogen and oxygen atoms in total. The lowest BCUT2D eigenvalue weighted by Gasteiger charge is -2.12. The highest BCUT2D eigenvalue weighted by atomic mass is 16.3. The zero-order chi connectivity index (χ0) is 21.1. The molecule has 1 amide bonds. The number of benzene rings is 4. The second-order valence-electron chi connectivity index (χ2n) is 8.26. The highest BCUT2D eigenvalue weighted by Crippen LogP contribution is 2.48. The number of furan rings is 1. The number of anilines is 1. The van der Waals surface area contributed by atoms with Crippen molar-refractivity contribution < 1.29 is 9.21 Å². The van der Waals surface area contributed by atoms with Crippen molar-refractivity contribution in [1.82, 2.24) is 0 Å². The predicted molar refractivity (Wildman–Crippen MR) is 126 cm³/mol. The number of fused-ring (bicyclic) bond motifs is 4. The van der Waals surface area contributed by atoms with Gasteiger partial charge in [0.1, 0.15) is 17.3 Å². The van der Waals surface area contributed by atoms with Crippen LogP contribution in [-0.2, 0) is 4.79 Å². The zero-order valence-corrected chi connectivity index (χ0v) is 17.4. The van der Waals surface area contributed by atoms with Crippen LogP contribution in [0.25, 0.3) is 32.9 Å². The fourth-order valence-electron chi connectivity index (χ4n) is 4.83. The van der Waals surface area contributed by atoms with Crippen LogP contribution >= 0.6 is 0 Å². The Kier molecular flexibility index (Phi) is 3.81. The van der Waals surface area contributed by atoms with Crippen molar-refractivity contribution in [2.45, 2.75) is 12.8 Å². The molecule has 2 heterocycles. The molecular weight excluding hydrogens is 382 g/mol. The van der Waals surface area contributed by atoms with Crippen LogP contribution in [0.15, 0.2) is 89.3 Å². The Bertz CT molecular complexity index is 1480. The molecule has 6 rings (SSSR count). The van der Waals surface area contributed by atoms with Gasteiger partial charge < -0.3 is 9.32 Å². The average Bonchev–Trinajstić information content (AvgIpc) is 3.30. The molecule has 1 atom stereocenters. The molecule has 4 aromatic carbocycles. The monoisotopic (exact) mass is 403 g/mol. The third kappa shape index (κ3) is 2.56. The Morgan fingerprint density at radius 3 is 2.42 bits per heavy atom. The highest BCUT2D eigenvalue weighted by Gasteiger charge is 2.40. The van der Waals surface area contributed by atoms with Crippen molar-refractivity contribution in [3.63, 3.8) is 0 Å². The number of amides is 1. The van der Waals surface area contributed by atoms with Gasteiger partial charge >= 0.3 is 0 Å². The lowest BCUT2D eigenvalue weighted by atomic mass is 9.90. The van der Waals surface area contributed by atoms with Crippen molar-refractivity contribution in [3.8, 4) is 11.1 Å². The summed E-state index contributed by atoms with van der Waals surface area (Å²) in [6.07, 6.45) is 0. The quantitative estimate of drug-likeness (QED) is 0.330. The summed E-state index contributed by atoms with van der Waals surface area (Å²) in [5, 5.41) is 3.36. The van der Waals surface area contributed by atoms with Crippen LogP contribution in [0.2, 0.25) is 0 Å². The van der Waals surface area contributed by atoms with Crippen LogP contribution in [-0.4, -0.2) is 13.0 Å². The maximum Gasteiger partial charge on any atom is 0.242 e. The van der Waals surface area contributed by atoms with Crippen LogP contribution in [0, 0.1) is 6.92 Å². The summed E-state index contributed by atoms with van der Waals surface area (Å²) in [6, 6.07) is 28.9. The molecule has 0 saturated carbocycles. The van der Waals surface area contributed by atoms with Crippen LogP contribution in [0.3, 0.4) is 0 Å². The van der Waals surface area contributed by atoms with Gasteiger partial charge in [0.15, 0.2) is 0 Å². The van der Waals surface area contributed by atoms with Gasteiger partial charge in [-0.3, -0.25) is 4.79 Å². The fourth-order valence-corrected chi connectivity index (χ4v) is 4.83. The lowest BCUT2D eigenvalue weighted by Crippen LogP contribution is -2.24. The van der Waals surface area contributed by atoms with Crippen molar-refractivity contribution in [3.05, 3.63) is 102 Å². The standard InChI is InChI=1S/C28H21NO2/c1-17-11-13-19(14-12-17)24-25-20-8-4-3-7-18(20)15-16-23(25)31-27(24)26-21-9-5-6-10-22(21)29(2)28(26)30/h3-16,26H,1-2H3. The summed E-state index contributed by atoms with van der Waals surface area (Å²) in [4.78, 5) is 15.1. The van der Waals surface area contributed by atoms with E-state index in [1.54, 1.807) is 4.90 Å². The largest absolute Gasteiger partial charge is 0.459 e.